The number of nitrogens with zero attached hydrogens (tertiary/aromatic N) is 1. The lowest BCUT2D eigenvalue weighted by atomic mass is 10.00. The van der Waals surface area contributed by atoms with Crippen LogP contribution in [0.25, 0.3) is 0 Å². The van der Waals surface area contributed by atoms with Crippen LogP contribution in [0.15, 0.2) is 0 Å². The van der Waals surface area contributed by atoms with Crippen molar-refractivity contribution in [2.75, 3.05) is 11.5 Å². The Labute approximate surface area is 84.9 Å². The Balaban J connectivity index is 2.28. The largest absolute Gasteiger partial charge is 0.312 e. The normalized spacial score (nSPS) is 21.2. The molecule has 1 rings (SSSR count). The maximum atomic E-state index is 8.97. The predicted molar refractivity (Wildman–Crippen MR) is 57.4 cm³/mol. The number of nitrogens with two attached hydrogens (primary N) is 1. The van der Waals surface area contributed by atoms with Crippen molar-refractivity contribution in [3.63, 3.8) is 0 Å². The van der Waals surface area contributed by atoms with Crippen molar-refractivity contribution >= 4 is 11.8 Å². The second-order valence-electron chi connectivity index (χ2n) is 4.34. The van der Waals surface area contributed by atoms with E-state index in [1.165, 1.54) is 0 Å². The molecular formula is C10H18N2S. The molecule has 3 heteroatoms. The topological polar surface area (TPSA) is 49.8 Å². The average Bonchev–Trinajstić information content (AvgIpc) is 2.85. The molecule has 0 saturated heterocycles. The quantitative estimate of drug-likeness (QED) is 0.735. The Morgan fingerprint density at radius 2 is 2.23 bits per heavy atom. The zero-order valence-corrected chi connectivity index (χ0v) is 9.23. The molecule has 0 aromatic rings. The summed E-state index contributed by atoms with van der Waals surface area (Å²) >= 11 is 1.81. The first-order valence-electron chi connectivity index (χ1n) is 4.86. The Morgan fingerprint density at radius 3 is 2.62 bits per heavy atom. The van der Waals surface area contributed by atoms with Crippen molar-refractivity contribution in [1.82, 2.24) is 0 Å². The fraction of sp³-hybridized carbons (Fsp3) is 0.900. The fourth-order valence-corrected chi connectivity index (χ4v) is 2.53. The van der Waals surface area contributed by atoms with Crippen molar-refractivity contribution in [3.8, 4) is 6.07 Å². The van der Waals surface area contributed by atoms with Gasteiger partial charge in [-0.05, 0) is 30.4 Å². The van der Waals surface area contributed by atoms with Crippen LogP contribution in [0.4, 0.5) is 0 Å². The molecule has 1 unspecified atom stereocenters. The zero-order valence-electron chi connectivity index (χ0n) is 8.42. The highest BCUT2D eigenvalue weighted by Crippen LogP contribution is 2.39. The van der Waals surface area contributed by atoms with E-state index in [1.54, 1.807) is 0 Å². The molecule has 74 valence electrons. The van der Waals surface area contributed by atoms with Crippen LogP contribution in [-0.2, 0) is 0 Å². The van der Waals surface area contributed by atoms with Crippen molar-refractivity contribution < 1.29 is 0 Å². The van der Waals surface area contributed by atoms with Gasteiger partial charge in [0, 0.05) is 5.75 Å². The van der Waals surface area contributed by atoms with Crippen LogP contribution in [-0.4, -0.2) is 17.0 Å². The van der Waals surface area contributed by atoms with Crippen LogP contribution in [0.2, 0.25) is 0 Å². The van der Waals surface area contributed by atoms with Crippen LogP contribution in [0, 0.1) is 23.2 Å². The molecule has 0 spiro atoms. The molecule has 2 N–H and O–H groups in total. The number of thioether (sulfide) groups is 1. The molecular weight excluding hydrogens is 180 g/mol. The first-order chi connectivity index (χ1) is 6.08. The summed E-state index contributed by atoms with van der Waals surface area (Å²) in [5, 5.41) is 8.97. The van der Waals surface area contributed by atoms with E-state index >= 15 is 0 Å². The Morgan fingerprint density at radius 1 is 1.62 bits per heavy atom. The van der Waals surface area contributed by atoms with E-state index in [0.29, 0.717) is 11.8 Å². The lowest BCUT2D eigenvalue weighted by Crippen LogP contribution is -2.43. The van der Waals surface area contributed by atoms with Crippen LogP contribution in [0.5, 0.6) is 0 Å². The fourth-order valence-electron chi connectivity index (χ4n) is 1.30. The molecule has 0 heterocycles. The third-order valence-electron chi connectivity index (χ3n) is 2.31. The maximum Gasteiger partial charge on any atom is 0.116 e. The van der Waals surface area contributed by atoms with Crippen LogP contribution >= 0.6 is 11.8 Å². The molecule has 13 heavy (non-hydrogen) atoms. The summed E-state index contributed by atoms with van der Waals surface area (Å²) in [4.78, 5) is 0. The molecule has 1 saturated carbocycles. The lowest BCUT2D eigenvalue weighted by Gasteiger charge is -2.20. The second-order valence-corrected chi connectivity index (χ2v) is 5.37. The smallest absolute Gasteiger partial charge is 0.116 e. The molecule has 0 amide bonds. The number of rotatable bonds is 5. The van der Waals surface area contributed by atoms with Gasteiger partial charge < -0.3 is 5.73 Å². The van der Waals surface area contributed by atoms with E-state index in [2.05, 4.69) is 19.9 Å². The molecule has 1 aliphatic rings. The third-order valence-corrected chi connectivity index (χ3v) is 3.89. The highest BCUT2D eigenvalue weighted by molar-refractivity contribution is 7.99. The van der Waals surface area contributed by atoms with Gasteiger partial charge in [0.1, 0.15) is 5.54 Å². The van der Waals surface area contributed by atoms with E-state index in [0.717, 1.165) is 24.3 Å². The highest BCUT2D eigenvalue weighted by Gasteiger charge is 2.42. The predicted octanol–water partition coefficient (Wildman–Crippen LogP) is 2.01. The average molecular weight is 198 g/mol. The van der Waals surface area contributed by atoms with Gasteiger partial charge in [0.25, 0.3) is 0 Å². The molecule has 1 aliphatic carbocycles. The van der Waals surface area contributed by atoms with Gasteiger partial charge in [-0.3, -0.25) is 0 Å². The minimum absolute atomic E-state index is 0.470. The first-order valence-corrected chi connectivity index (χ1v) is 6.02. The number of hydrogen-bond acceptors (Lipinski definition) is 3. The number of nitriles is 1. The summed E-state index contributed by atoms with van der Waals surface area (Å²) in [6.07, 6.45) is 2.29. The zero-order chi connectivity index (χ0) is 9.90. The summed E-state index contributed by atoms with van der Waals surface area (Å²) in [6, 6.07) is 2.27. The molecule has 0 bridgehead atoms. The van der Waals surface area contributed by atoms with Gasteiger partial charge >= 0.3 is 0 Å². The molecule has 0 aromatic heterocycles. The van der Waals surface area contributed by atoms with E-state index in [-0.39, 0.29) is 0 Å². The SMILES string of the molecule is CC(C)CSCC(N)(C#N)C1CC1. The van der Waals surface area contributed by atoms with E-state index < -0.39 is 5.54 Å². The third kappa shape index (κ3) is 3.21. The second kappa shape index (κ2) is 4.34. The van der Waals surface area contributed by atoms with E-state index in [1.807, 2.05) is 11.8 Å². The van der Waals surface area contributed by atoms with Gasteiger partial charge in [-0.2, -0.15) is 17.0 Å². The van der Waals surface area contributed by atoms with Gasteiger partial charge in [0.05, 0.1) is 6.07 Å². The highest BCUT2D eigenvalue weighted by atomic mass is 32.2. The molecule has 0 aromatic carbocycles. The number of hydrogen-bond donors (Lipinski definition) is 1. The summed E-state index contributed by atoms with van der Waals surface area (Å²) in [5.74, 6) is 3.06. The van der Waals surface area contributed by atoms with Gasteiger partial charge in [0.15, 0.2) is 0 Å². The van der Waals surface area contributed by atoms with Crippen molar-refractivity contribution in [2.24, 2.45) is 17.6 Å². The minimum Gasteiger partial charge on any atom is -0.312 e. The standard InChI is InChI=1S/C10H18N2S/c1-8(2)5-13-7-10(12,6-11)9-3-4-9/h8-9H,3-5,7,12H2,1-2H3. The lowest BCUT2D eigenvalue weighted by molar-refractivity contribution is 0.531. The summed E-state index contributed by atoms with van der Waals surface area (Å²) in [5.41, 5.74) is 5.46. The van der Waals surface area contributed by atoms with Gasteiger partial charge in [-0.25, -0.2) is 0 Å². The van der Waals surface area contributed by atoms with E-state index in [9.17, 15) is 0 Å². The van der Waals surface area contributed by atoms with Gasteiger partial charge in [-0.15, -0.1) is 0 Å². The van der Waals surface area contributed by atoms with E-state index in [4.69, 9.17) is 11.0 Å². The molecule has 2 nitrogen and oxygen atoms in total. The van der Waals surface area contributed by atoms with Crippen molar-refractivity contribution in [1.29, 1.82) is 5.26 Å². The van der Waals surface area contributed by atoms with Gasteiger partial charge in [0.2, 0.25) is 0 Å². The van der Waals surface area contributed by atoms with Crippen LogP contribution in [0.3, 0.4) is 0 Å². The molecule has 1 fully saturated rings. The molecule has 1 atom stereocenters. The monoisotopic (exact) mass is 198 g/mol. The van der Waals surface area contributed by atoms with Crippen LogP contribution in [0.1, 0.15) is 26.7 Å². The Hall–Kier alpha value is -0.200. The first kappa shape index (κ1) is 10.9. The minimum atomic E-state index is -0.542. The Kier molecular flexibility index (Phi) is 3.63. The maximum absolute atomic E-state index is 8.97. The molecule has 0 aliphatic heterocycles. The van der Waals surface area contributed by atoms with Crippen molar-refractivity contribution in [3.05, 3.63) is 0 Å². The summed E-state index contributed by atoms with van der Waals surface area (Å²) in [6.45, 7) is 4.38. The summed E-state index contributed by atoms with van der Waals surface area (Å²) < 4.78 is 0. The molecule has 0 radical (unpaired) electrons. The summed E-state index contributed by atoms with van der Waals surface area (Å²) in [7, 11) is 0. The van der Waals surface area contributed by atoms with Crippen LogP contribution < -0.4 is 5.73 Å². The van der Waals surface area contributed by atoms with Gasteiger partial charge in [-0.1, -0.05) is 13.8 Å². The van der Waals surface area contributed by atoms with Crippen molar-refractivity contribution in [2.45, 2.75) is 32.2 Å². The Bertz CT molecular complexity index is 205.